The van der Waals surface area contributed by atoms with Crippen LogP contribution >= 0.6 is 11.9 Å². The van der Waals surface area contributed by atoms with Gasteiger partial charge in [-0.3, -0.25) is 4.79 Å². The first-order valence-corrected chi connectivity index (χ1v) is 4.25. The maximum Gasteiger partial charge on any atom is 0.388 e. The largest absolute Gasteiger partial charge is 0.388 e. The van der Waals surface area contributed by atoms with Crippen LogP contribution in [0.1, 0.15) is 12.5 Å². The summed E-state index contributed by atoms with van der Waals surface area (Å²) in [5.74, 6) is 0. The van der Waals surface area contributed by atoms with Crippen LogP contribution in [0, 0.1) is 6.07 Å². The van der Waals surface area contributed by atoms with Gasteiger partial charge in [-0.15, -0.1) is 0 Å². The van der Waals surface area contributed by atoms with Crippen LogP contribution in [-0.2, 0) is 4.79 Å². The van der Waals surface area contributed by atoms with Crippen molar-refractivity contribution in [1.29, 1.82) is 0 Å². The highest BCUT2D eigenvalue weighted by Crippen LogP contribution is 2.04. The normalized spacial score (nSPS) is 8.42. The summed E-state index contributed by atoms with van der Waals surface area (Å²) in [4.78, 5) is 10.5. The second kappa shape index (κ2) is 4.58. The lowest BCUT2D eigenvalue weighted by atomic mass is 10.2. The summed E-state index contributed by atoms with van der Waals surface area (Å²) in [6, 6.07) is 12.2. The van der Waals surface area contributed by atoms with E-state index in [-0.39, 0.29) is 5.12 Å². The molecule has 0 unspecified atom stereocenters. The van der Waals surface area contributed by atoms with Crippen molar-refractivity contribution >= 4 is 17.1 Å². The zero-order valence-corrected chi connectivity index (χ0v) is 7.47. The highest BCUT2D eigenvalue weighted by Gasteiger charge is 2.02. The smallest absolute Gasteiger partial charge is 0.279 e. The van der Waals surface area contributed by atoms with Gasteiger partial charge in [-0.1, -0.05) is 18.2 Å². The molecule has 0 heterocycles. The van der Waals surface area contributed by atoms with Gasteiger partial charge in [-0.2, -0.15) is 0 Å². The van der Waals surface area contributed by atoms with Crippen LogP contribution < -0.4 is 0 Å². The molecule has 12 heavy (non-hydrogen) atoms. The maximum atomic E-state index is 10.5. The first-order chi connectivity index (χ1) is 5.79. The molecule has 0 saturated carbocycles. The molecular formula is C9H8NOS+. The monoisotopic (exact) mass is 178 g/mol. The Hall–Kier alpha value is -1.27. The maximum absolute atomic E-state index is 10.5. The lowest BCUT2D eigenvalue weighted by molar-refractivity contribution is -0.109. The van der Waals surface area contributed by atoms with Gasteiger partial charge in [-0.05, 0) is 12.1 Å². The number of hydrogen-bond donors (Lipinski definition) is 0. The molecule has 0 aromatic heterocycles. The van der Waals surface area contributed by atoms with E-state index in [2.05, 4.69) is 10.3 Å². The van der Waals surface area contributed by atoms with Gasteiger partial charge < -0.3 is 0 Å². The first kappa shape index (κ1) is 8.82. The van der Waals surface area contributed by atoms with E-state index < -0.39 is 0 Å². The molecule has 0 atom stereocenters. The fourth-order valence-electron chi connectivity index (χ4n) is 0.652. The average Bonchev–Trinajstić information content (AvgIpc) is 2.05. The van der Waals surface area contributed by atoms with Crippen LogP contribution in [0.5, 0.6) is 0 Å². The van der Waals surface area contributed by atoms with E-state index in [1.165, 1.54) is 6.92 Å². The molecule has 60 valence electrons. The summed E-state index contributed by atoms with van der Waals surface area (Å²) >= 11 is 0.901. The molecule has 0 spiro atoms. The van der Waals surface area contributed by atoms with Gasteiger partial charge in [0.2, 0.25) is 0 Å². The number of carbonyl (C=O) groups excluding carboxylic acids is 1. The summed E-state index contributed by atoms with van der Waals surface area (Å²) in [5.41, 5.74) is 0.881. The Morgan fingerprint density at radius 3 is 2.67 bits per heavy atom. The Labute approximate surface area is 75.5 Å². The average molecular weight is 178 g/mol. The zero-order valence-electron chi connectivity index (χ0n) is 6.65. The molecule has 1 rings (SSSR count). The second-order valence-corrected chi connectivity index (χ2v) is 3.09. The summed E-state index contributed by atoms with van der Waals surface area (Å²) in [6.07, 6.45) is 0. The van der Waals surface area contributed by atoms with Gasteiger partial charge in [0.15, 0.2) is 0 Å². The standard InChI is InChI=1S/C9H8NOS/c1-8(11)12-10-7-9-5-3-2-4-6-9/h2-6H,1H3/q+1. The van der Waals surface area contributed by atoms with Gasteiger partial charge in [-0.25, -0.2) is 0 Å². The Bertz CT molecular complexity index is 323. The number of hydrogen-bond acceptors (Lipinski definition) is 2. The van der Waals surface area contributed by atoms with Crippen LogP contribution in [0.15, 0.2) is 30.3 Å². The van der Waals surface area contributed by atoms with Crippen molar-refractivity contribution in [2.24, 2.45) is 0 Å². The minimum atomic E-state index is -0.0292. The highest BCUT2D eigenvalue weighted by atomic mass is 32.2. The topological polar surface area (TPSA) is 21.4 Å². The van der Waals surface area contributed by atoms with E-state index in [1.54, 1.807) is 0 Å². The minimum Gasteiger partial charge on any atom is -0.279 e. The fraction of sp³-hybridized carbons (Fsp3) is 0.111. The van der Waals surface area contributed by atoms with E-state index in [0.29, 0.717) is 0 Å². The Morgan fingerprint density at radius 2 is 2.08 bits per heavy atom. The van der Waals surface area contributed by atoms with Gasteiger partial charge >= 0.3 is 18.0 Å². The zero-order chi connectivity index (χ0) is 8.81. The van der Waals surface area contributed by atoms with Gasteiger partial charge in [0, 0.05) is 11.2 Å². The molecule has 0 radical (unpaired) electrons. The predicted molar refractivity (Wildman–Crippen MR) is 51.1 cm³/mol. The predicted octanol–water partition coefficient (Wildman–Crippen LogP) is 2.56. The quantitative estimate of drug-likeness (QED) is 0.569. The van der Waals surface area contributed by atoms with Gasteiger partial charge in [0.05, 0.1) is 0 Å². The summed E-state index contributed by atoms with van der Waals surface area (Å²) in [6.45, 7) is 1.47. The van der Waals surface area contributed by atoms with Crippen molar-refractivity contribution in [3.8, 4) is 6.07 Å². The third kappa shape index (κ3) is 3.22. The molecule has 0 fully saturated rings. The lowest BCUT2D eigenvalue weighted by Crippen LogP contribution is -1.73. The molecule has 0 aliphatic heterocycles. The number of rotatable bonds is 0. The first-order valence-electron chi connectivity index (χ1n) is 3.48. The third-order valence-corrected chi connectivity index (χ3v) is 1.56. The van der Waals surface area contributed by atoms with Crippen molar-refractivity contribution in [2.75, 3.05) is 0 Å². The Kier molecular flexibility index (Phi) is 3.36. The second-order valence-electron chi connectivity index (χ2n) is 2.15. The van der Waals surface area contributed by atoms with Crippen LogP contribution in [0.3, 0.4) is 0 Å². The van der Waals surface area contributed by atoms with E-state index in [4.69, 9.17) is 0 Å². The van der Waals surface area contributed by atoms with Crippen molar-refractivity contribution < 1.29 is 4.79 Å². The molecule has 0 saturated heterocycles. The Balaban J connectivity index is 2.61. The molecule has 0 aliphatic carbocycles. The van der Waals surface area contributed by atoms with Crippen LogP contribution in [0.2, 0.25) is 0 Å². The fourth-order valence-corrected chi connectivity index (χ4v) is 0.932. The molecule has 1 aromatic rings. The SMILES string of the molecule is CC(=O)S[N+]#Cc1ccccc1. The van der Waals surface area contributed by atoms with E-state index in [1.807, 2.05) is 30.3 Å². The number of benzene rings is 1. The van der Waals surface area contributed by atoms with Crippen molar-refractivity contribution in [1.82, 2.24) is 0 Å². The van der Waals surface area contributed by atoms with Gasteiger partial charge in [0.25, 0.3) is 5.12 Å². The molecule has 2 nitrogen and oxygen atoms in total. The third-order valence-electron chi connectivity index (χ3n) is 1.12. The number of carbonyl (C=O) groups is 1. The van der Waals surface area contributed by atoms with Gasteiger partial charge in [0.1, 0.15) is 5.56 Å². The molecule has 3 heteroatoms. The molecular weight excluding hydrogens is 170 g/mol. The van der Waals surface area contributed by atoms with E-state index in [9.17, 15) is 4.79 Å². The van der Waals surface area contributed by atoms with Crippen LogP contribution in [0.4, 0.5) is 0 Å². The minimum absolute atomic E-state index is 0.0292. The van der Waals surface area contributed by atoms with E-state index >= 15 is 0 Å². The molecule has 0 N–H and O–H groups in total. The Morgan fingerprint density at radius 1 is 1.42 bits per heavy atom. The molecule has 0 aliphatic rings. The lowest BCUT2D eigenvalue weighted by Gasteiger charge is -1.77. The molecule has 1 aromatic carbocycles. The van der Waals surface area contributed by atoms with Crippen molar-refractivity contribution in [3.63, 3.8) is 0 Å². The summed E-state index contributed by atoms with van der Waals surface area (Å²) in [5, 5.41) is -0.0292. The molecule has 0 bridgehead atoms. The summed E-state index contributed by atoms with van der Waals surface area (Å²) in [7, 11) is 0. The number of nitrogens with zero attached hydrogens (tertiary/aromatic N) is 1. The summed E-state index contributed by atoms with van der Waals surface area (Å²) < 4.78 is 3.76. The van der Waals surface area contributed by atoms with Crippen LogP contribution in [-0.4, -0.2) is 5.12 Å². The van der Waals surface area contributed by atoms with Crippen molar-refractivity contribution in [3.05, 3.63) is 40.1 Å². The van der Waals surface area contributed by atoms with Crippen LogP contribution in [0.25, 0.3) is 4.25 Å². The van der Waals surface area contributed by atoms with E-state index in [0.717, 1.165) is 17.5 Å². The molecule has 0 amide bonds. The highest BCUT2D eigenvalue weighted by molar-refractivity contribution is 8.15. The van der Waals surface area contributed by atoms with Crippen molar-refractivity contribution in [2.45, 2.75) is 6.92 Å².